The zero-order chi connectivity index (χ0) is 11.0. The largest absolute Gasteiger partial charge is 0.207 e. The molecule has 0 fully saturated rings. The average Bonchev–Trinajstić information content (AvgIpc) is 2.76. The Bertz CT molecular complexity index is 544. The fraction of sp³-hybridized carbons (Fsp3) is 0.0667. The Morgan fingerprint density at radius 3 is 2.75 bits per heavy atom. The zero-order valence-electron chi connectivity index (χ0n) is 8.73. The van der Waals surface area contributed by atoms with Crippen LogP contribution in [0.2, 0.25) is 0 Å². The molecule has 1 aromatic rings. The van der Waals surface area contributed by atoms with Crippen LogP contribution in [0.1, 0.15) is 11.5 Å². The van der Waals surface area contributed by atoms with Crippen molar-refractivity contribution in [2.45, 2.75) is 5.92 Å². The summed E-state index contributed by atoms with van der Waals surface area (Å²) in [5.74, 6) is -0.0838. The molecular formula is C15H11F. The summed E-state index contributed by atoms with van der Waals surface area (Å²) in [5, 5.41) is 0. The molecule has 16 heavy (non-hydrogen) atoms. The minimum Gasteiger partial charge on any atom is -0.207 e. The maximum Gasteiger partial charge on any atom is 0.127 e. The van der Waals surface area contributed by atoms with Crippen LogP contribution in [0.15, 0.2) is 71.9 Å². The van der Waals surface area contributed by atoms with Crippen LogP contribution in [0.3, 0.4) is 0 Å². The Balaban J connectivity index is 2.02. The molecule has 0 amide bonds. The van der Waals surface area contributed by atoms with Crippen molar-refractivity contribution >= 4 is 0 Å². The van der Waals surface area contributed by atoms with E-state index in [-0.39, 0.29) is 11.7 Å². The summed E-state index contributed by atoms with van der Waals surface area (Å²) in [6.07, 6.45) is 12.4. The quantitative estimate of drug-likeness (QED) is 0.659. The summed E-state index contributed by atoms with van der Waals surface area (Å²) in [4.78, 5) is 0. The van der Waals surface area contributed by atoms with Crippen LogP contribution >= 0.6 is 0 Å². The molecular weight excluding hydrogens is 199 g/mol. The van der Waals surface area contributed by atoms with E-state index >= 15 is 0 Å². The minimum absolute atomic E-state index is 0.0519. The lowest BCUT2D eigenvalue weighted by Gasteiger charge is -2.15. The highest BCUT2D eigenvalue weighted by atomic mass is 19.1. The third kappa shape index (κ3) is 1.45. The van der Waals surface area contributed by atoms with Crippen LogP contribution in [0.25, 0.3) is 0 Å². The average molecular weight is 210 g/mol. The molecule has 0 radical (unpaired) electrons. The lowest BCUT2D eigenvalue weighted by molar-refractivity contribution is 0.609. The van der Waals surface area contributed by atoms with Crippen molar-refractivity contribution in [3.63, 3.8) is 0 Å². The van der Waals surface area contributed by atoms with Gasteiger partial charge in [-0.15, -0.1) is 0 Å². The number of hydrogen-bond acceptors (Lipinski definition) is 0. The van der Waals surface area contributed by atoms with E-state index < -0.39 is 0 Å². The van der Waals surface area contributed by atoms with Gasteiger partial charge in [0.2, 0.25) is 0 Å². The van der Waals surface area contributed by atoms with Crippen molar-refractivity contribution in [2.75, 3.05) is 0 Å². The Hall–Kier alpha value is -1.89. The Morgan fingerprint density at radius 2 is 1.88 bits per heavy atom. The van der Waals surface area contributed by atoms with Gasteiger partial charge in [-0.1, -0.05) is 54.7 Å². The summed E-state index contributed by atoms with van der Waals surface area (Å²) in [6.45, 7) is 0. The third-order valence-corrected chi connectivity index (χ3v) is 2.99. The van der Waals surface area contributed by atoms with E-state index in [0.29, 0.717) is 0 Å². The molecule has 0 nitrogen and oxygen atoms in total. The molecule has 0 saturated carbocycles. The number of halogens is 1. The second-order valence-electron chi connectivity index (χ2n) is 4.01. The normalized spacial score (nSPS) is 21.7. The Morgan fingerprint density at radius 1 is 1.00 bits per heavy atom. The van der Waals surface area contributed by atoms with Crippen LogP contribution in [0.4, 0.5) is 4.39 Å². The van der Waals surface area contributed by atoms with Gasteiger partial charge in [0.25, 0.3) is 0 Å². The van der Waals surface area contributed by atoms with Gasteiger partial charge in [-0.25, -0.2) is 4.39 Å². The molecule has 2 aliphatic rings. The SMILES string of the molecule is Fc1ccccc1C1C=CC2=CC=CC2=C1. The van der Waals surface area contributed by atoms with Crippen molar-refractivity contribution < 1.29 is 4.39 Å². The molecule has 78 valence electrons. The smallest absolute Gasteiger partial charge is 0.127 e. The lowest BCUT2D eigenvalue weighted by Crippen LogP contribution is -2.00. The predicted molar refractivity (Wildman–Crippen MR) is 63.6 cm³/mol. The van der Waals surface area contributed by atoms with Gasteiger partial charge in [0.05, 0.1) is 0 Å². The summed E-state index contributed by atoms with van der Waals surface area (Å²) in [6, 6.07) is 6.95. The zero-order valence-corrected chi connectivity index (χ0v) is 8.73. The van der Waals surface area contributed by atoms with Gasteiger partial charge in [-0.3, -0.25) is 0 Å². The van der Waals surface area contributed by atoms with E-state index in [1.807, 2.05) is 24.3 Å². The second-order valence-corrected chi connectivity index (χ2v) is 4.01. The Labute approximate surface area is 94.1 Å². The molecule has 2 aliphatic carbocycles. The first-order chi connectivity index (χ1) is 7.84. The van der Waals surface area contributed by atoms with Gasteiger partial charge >= 0.3 is 0 Å². The standard InChI is InChI=1S/C15H11F/c16-15-7-2-1-6-14(15)13-9-8-11-4-3-5-12(11)10-13/h1-10,13H. The molecule has 1 unspecified atom stereocenters. The number of fused-ring (bicyclic) bond motifs is 1. The van der Waals surface area contributed by atoms with E-state index in [0.717, 1.165) is 5.56 Å². The summed E-state index contributed by atoms with van der Waals surface area (Å²) >= 11 is 0. The van der Waals surface area contributed by atoms with E-state index in [9.17, 15) is 4.39 Å². The number of allylic oxidation sites excluding steroid dienone is 8. The van der Waals surface area contributed by atoms with Gasteiger partial charge < -0.3 is 0 Å². The molecule has 1 heteroatoms. The Kier molecular flexibility index (Phi) is 2.10. The van der Waals surface area contributed by atoms with Crippen LogP contribution in [-0.4, -0.2) is 0 Å². The fourth-order valence-corrected chi connectivity index (χ4v) is 2.15. The van der Waals surface area contributed by atoms with Crippen molar-refractivity contribution in [1.29, 1.82) is 0 Å². The van der Waals surface area contributed by atoms with Gasteiger partial charge in [0, 0.05) is 5.92 Å². The number of hydrogen-bond donors (Lipinski definition) is 0. The van der Waals surface area contributed by atoms with E-state index in [1.54, 1.807) is 6.07 Å². The first-order valence-electron chi connectivity index (χ1n) is 5.38. The van der Waals surface area contributed by atoms with Crippen molar-refractivity contribution in [2.24, 2.45) is 0 Å². The number of benzene rings is 1. The number of rotatable bonds is 1. The van der Waals surface area contributed by atoms with Crippen LogP contribution < -0.4 is 0 Å². The highest BCUT2D eigenvalue weighted by Gasteiger charge is 2.16. The molecule has 0 N–H and O–H groups in total. The van der Waals surface area contributed by atoms with E-state index in [2.05, 4.69) is 24.3 Å². The lowest BCUT2D eigenvalue weighted by atomic mass is 9.89. The van der Waals surface area contributed by atoms with Crippen LogP contribution in [0.5, 0.6) is 0 Å². The van der Waals surface area contributed by atoms with Crippen LogP contribution in [-0.2, 0) is 0 Å². The van der Waals surface area contributed by atoms with Gasteiger partial charge in [-0.05, 0) is 22.8 Å². The van der Waals surface area contributed by atoms with Crippen molar-refractivity contribution in [3.05, 3.63) is 83.2 Å². The van der Waals surface area contributed by atoms with Gasteiger partial charge in [-0.2, -0.15) is 0 Å². The fourth-order valence-electron chi connectivity index (χ4n) is 2.15. The van der Waals surface area contributed by atoms with Crippen LogP contribution in [0, 0.1) is 5.82 Å². The molecule has 0 bridgehead atoms. The maximum absolute atomic E-state index is 13.6. The molecule has 0 heterocycles. The maximum atomic E-state index is 13.6. The van der Waals surface area contributed by atoms with E-state index in [4.69, 9.17) is 0 Å². The monoisotopic (exact) mass is 210 g/mol. The molecule has 0 saturated heterocycles. The van der Waals surface area contributed by atoms with E-state index in [1.165, 1.54) is 17.2 Å². The third-order valence-electron chi connectivity index (χ3n) is 2.99. The predicted octanol–water partition coefficient (Wildman–Crippen LogP) is 3.90. The first-order valence-corrected chi connectivity index (χ1v) is 5.38. The first kappa shape index (κ1) is 9.34. The molecule has 0 aromatic heterocycles. The summed E-state index contributed by atoms with van der Waals surface area (Å²) in [5.41, 5.74) is 3.15. The molecule has 3 rings (SSSR count). The topological polar surface area (TPSA) is 0 Å². The van der Waals surface area contributed by atoms with Crippen molar-refractivity contribution in [3.8, 4) is 0 Å². The molecule has 1 aromatic carbocycles. The second kappa shape index (κ2) is 3.60. The molecule has 0 aliphatic heterocycles. The van der Waals surface area contributed by atoms with Crippen molar-refractivity contribution in [1.82, 2.24) is 0 Å². The molecule has 0 spiro atoms. The molecule has 1 atom stereocenters. The summed E-state index contributed by atoms with van der Waals surface area (Å²) in [7, 11) is 0. The highest BCUT2D eigenvalue weighted by molar-refractivity contribution is 5.58. The minimum atomic E-state index is -0.136. The highest BCUT2D eigenvalue weighted by Crippen LogP contribution is 2.32. The summed E-state index contributed by atoms with van der Waals surface area (Å²) < 4.78 is 13.6. The van der Waals surface area contributed by atoms with Gasteiger partial charge in [0.1, 0.15) is 5.82 Å². The van der Waals surface area contributed by atoms with Gasteiger partial charge in [0.15, 0.2) is 0 Å².